The third kappa shape index (κ3) is 4.47. The van der Waals surface area contributed by atoms with Crippen molar-refractivity contribution >= 4 is 0 Å². The molecule has 1 aromatic carbocycles. The number of aliphatic hydroxyl groups excluding tert-OH is 1. The molecule has 0 radical (unpaired) electrons. The first-order chi connectivity index (χ1) is 9.69. The lowest BCUT2D eigenvalue weighted by molar-refractivity contribution is 0.107. The molecule has 4 heteroatoms. The molecule has 112 valence electrons. The number of benzene rings is 1. The molecule has 0 aliphatic carbocycles. The summed E-state index contributed by atoms with van der Waals surface area (Å²) in [5.74, 6) is 1.00. The molecule has 1 aliphatic heterocycles. The average molecular weight is 278 g/mol. The van der Waals surface area contributed by atoms with Crippen molar-refractivity contribution in [2.24, 2.45) is 0 Å². The van der Waals surface area contributed by atoms with Crippen molar-refractivity contribution in [3.63, 3.8) is 0 Å². The average Bonchev–Trinajstić information content (AvgIpc) is 2.43. The second-order valence-electron chi connectivity index (χ2n) is 5.62. The highest BCUT2D eigenvalue weighted by Crippen LogP contribution is 2.21. The van der Waals surface area contributed by atoms with Crippen LogP contribution in [-0.4, -0.2) is 60.3 Å². The van der Waals surface area contributed by atoms with E-state index in [1.807, 2.05) is 6.07 Å². The maximum Gasteiger partial charge on any atom is 0.124 e. The molecule has 1 N–H and O–H groups in total. The van der Waals surface area contributed by atoms with Crippen molar-refractivity contribution in [1.82, 2.24) is 9.80 Å². The number of hydrogen-bond acceptors (Lipinski definition) is 4. The lowest BCUT2D eigenvalue weighted by Crippen LogP contribution is -2.46. The molecule has 0 unspecified atom stereocenters. The number of β-amino-alcohol motifs (C(OH)–C–C–N with tert-alkyl or cyclic N) is 1. The van der Waals surface area contributed by atoms with Gasteiger partial charge < -0.3 is 9.84 Å². The van der Waals surface area contributed by atoms with E-state index in [1.165, 1.54) is 5.56 Å². The van der Waals surface area contributed by atoms with E-state index in [0.717, 1.165) is 45.0 Å². The topological polar surface area (TPSA) is 35.9 Å². The van der Waals surface area contributed by atoms with E-state index < -0.39 is 0 Å². The zero-order valence-corrected chi connectivity index (χ0v) is 12.6. The van der Waals surface area contributed by atoms with Crippen molar-refractivity contribution in [2.45, 2.75) is 26.5 Å². The standard InChI is InChI=1S/C16H26N2O2/c1-14(2)20-16-6-4-3-5-15(16)13-18-9-7-17(8-10-18)11-12-19/h3-6,14,19H,7-13H2,1-2H3. The monoisotopic (exact) mass is 278 g/mol. The predicted octanol–water partition coefficient (Wildman–Crippen LogP) is 1.58. The highest BCUT2D eigenvalue weighted by atomic mass is 16.5. The van der Waals surface area contributed by atoms with E-state index >= 15 is 0 Å². The summed E-state index contributed by atoms with van der Waals surface area (Å²) in [6.45, 7) is 10.3. The Labute approximate surface area is 122 Å². The fourth-order valence-corrected chi connectivity index (χ4v) is 2.56. The van der Waals surface area contributed by atoms with E-state index in [-0.39, 0.29) is 12.7 Å². The SMILES string of the molecule is CC(C)Oc1ccccc1CN1CCN(CCO)CC1. The third-order valence-corrected chi connectivity index (χ3v) is 3.61. The van der Waals surface area contributed by atoms with E-state index in [9.17, 15) is 0 Å². The van der Waals surface area contributed by atoms with Crippen LogP contribution in [-0.2, 0) is 6.54 Å². The predicted molar refractivity (Wildman–Crippen MR) is 81.0 cm³/mol. The summed E-state index contributed by atoms with van der Waals surface area (Å²) < 4.78 is 5.88. The Bertz CT molecular complexity index is 401. The van der Waals surface area contributed by atoms with Crippen LogP contribution in [0.4, 0.5) is 0 Å². The zero-order chi connectivity index (χ0) is 14.4. The van der Waals surface area contributed by atoms with Crippen molar-refractivity contribution in [1.29, 1.82) is 0 Å². The fourth-order valence-electron chi connectivity index (χ4n) is 2.56. The van der Waals surface area contributed by atoms with Crippen molar-refractivity contribution < 1.29 is 9.84 Å². The number of nitrogens with zero attached hydrogens (tertiary/aromatic N) is 2. The van der Waals surface area contributed by atoms with Gasteiger partial charge >= 0.3 is 0 Å². The first-order valence-corrected chi connectivity index (χ1v) is 7.49. The fraction of sp³-hybridized carbons (Fsp3) is 0.625. The second-order valence-corrected chi connectivity index (χ2v) is 5.62. The van der Waals surface area contributed by atoms with Gasteiger partial charge in [-0.25, -0.2) is 0 Å². The number of para-hydroxylation sites is 1. The van der Waals surface area contributed by atoms with Crippen molar-refractivity contribution in [3.8, 4) is 5.75 Å². The summed E-state index contributed by atoms with van der Waals surface area (Å²) in [5.41, 5.74) is 1.26. The quantitative estimate of drug-likeness (QED) is 0.857. The summed E-state index contributed by atoms with van der Waals surface area (Å²) >= 11 is 0. The minimum atomic E-state index is 0.206. The summed E-state index contributed by atoms with van der Waals surface area (Å²) in [6.07, 6.45) is 0.206. The summed E-state index contributed by atoms with van der Waals surface area (Å²) in [7, 11) is 0. The second kappa shape index (κ2) is 7.62. The van der Waals surface area contributed by atoms with Gasteiger partial charge in [0.05, 0.1) is 12.7 Å². The van der Waals surface area contributed by atoms with Gasteiger partial charge in [0.1, 0.15) is 5.75 Å². The molecule has 1 heterocycles. The van der Waals surface area contributed by atoms with Crippen molar-refractivity contribution in [2.75, 3.05) is 39.3 Å². The summed E-state index contributed by atoms with van der Waals surface area (Å²) in [5, 5.41) is 8.97. The van der Waals surface area contributed by atoms with Crippen LogP contribution in [0.15, 0.2) is 24.3 Å². The van der Waals surface area contributed by atoms with Crippen LogP contribution in [0.1, 0.15) is 19.4 Å². The van der Waals surface area contributed by atoms with Gasteiger partial charge in [-0.3, -0.25) is 9.80 Å². The molecule has 0 amide bonds. The Hall–Kier alpha value is -1.10. The van der Waals surface area contributed by atoms with E-state index in [4.69, 9.17) is 9.84 Å². The Kier molecular flexibility index (Phi) is 5.83. The Morgan fingerprint density at radius 1 is 1.10 bits per heavy atom. The van der Waals surface area contributed by atoms with E-state index in [2.05, 4.69) is 41.8 Å². The van der Waals surface area contributed by atoms with Gasteiger partial charge in [-0.2, -0.15) is 0 Å². The molecule has 1 aromatic rings. The molecule has 20 heavy (non-hydrogen) atoms. The van der Waals surface area contributed by atoms with Gasteiger partial charge in [0.2, 0.25) is 0 Å². The van der Waals surface area contributed by atoms with Crippen LogP contribution in [0.2, 0.25) is 0 Å². The number of rotatable bonds is 6. The van der Waals surface area contributed by atoms with Crippen molar-refractivity contribution in [3.05, 3.63) is 29.8 Å². The first kappa shape index (κ1) is 15.3. The van der Waals surface area contributed by atoms with Gasteiger partial charge in [-0.05, 0) is 19.9 Å². The minimum absolute atomic E-state index is 0.206. The van der Waals surface area contributed by atoms with Crippen LogP contribution in [0.5, 0.6) is 5.75 Å². The van der Waals surface area contributed by atoms with Gasteiger partial charge in [-0.1, -0.05) is 18.2 Å². The number of piperazine rings is 1. The normalized spacial score (nSPS) is 17.6. The van der Waals surface area contributed by atoms with Crippen LogP contribution < -0.4 is 4.74 Å². The van der Waals surface area contributed by atoms with Crippen LogP contribution >= 0.6 is 0 Å². The number of hydrogen-bond donors (Lipinski definition) is 1. The van der Waals surface area contributed by atoms with Gasteiger partial charge in [-0.15, -0.1) is 0 Å². The molecule has 1 saturated heterocycles. The Morgan fingerprint density at radius 2 is 1.75 bits per heavy atom. The summed E-state index contributed by atoms with van der Waals surface area (Å²) in [4.78, 5) is 4.77. The molecule has 4 nitrogen and oxygen atoms in total. The molecular weight excluding hydrogens is 252 g/mol. The van der Waals surface area contributed by atoms with Gasteiger partial charge in [0.25, 0.3) is 0 Å². The van der Waals surface area contributed by atoms with Gasteiger partial charge in [0.15, 0.2) is 0 Å². The lowest BCUT2D eigenvalue weighted by Gasteiger charge is -2.34. The highest BCUT2D eigenvalue weighted by Gasteiger charge is 2.17. The molecule has 1 fully saturated rings. The maximum atomic E-state index is 8.97. The molecule has 0 spiro atoms. The molecular formula is C16H26N2O2. The molecule has 2 rings (SSSR count). The maximum absolute atomic E-state index is 8.97. The Morgan fingerprint density at radius 3 is 2.40 bits per heavy atom. The van der Waals surface area contributed by atoms with Gasteiger partial charge in [0, 0.05) is 44.8 Å². The number of aliphatic hydroxyl groups is 1. The van der Waals surface area contributed by atoms with Crippen LogP contribution in [0.3, 0.4) is 0 Å². The zero-order valence-electron chi connectivity index (χ0n) is 12.6. The number of ether oxygens (including phenoxy) is 1. The van der Waals surface area contributed by atoms with E-state index in [1.54, 1.807) is 0 Å². The minimum Gasteiger partial charge on any atom is -0.491 e. The molecule has 0 bridgehead atoms. The highest BCUT2D eigenvalue weighted by molar-refractivity contribution is 5.33. The third-order valence-electron chi connectivity index (χ3n) is 3.61. The molecule has 0 saturated carbocycles. The van der Waals surface area contributed by atoms with E-state index in [0.29, 0.717) is 0 Å². The lowest BCUT2D eigenvalue weighted by atomic mass is 10.1. The largest absolute Gasteiger partial charge is 0.491 e. The first-order valence-electron chi connectivity index (χ1n) is 7.49. The molecule has 0 aromatic heterocycles. The Balaban J connectivity index is 1.91. The van der Waals surface area contributed by atoms with Crippen LogP contribution in [0, 0.1) is 0 Å². The summed E-state index contributed by atoms with van der Waals surface area (Å²) in [6, 6.07) is 8.31. The smallest absolute Gasteiger partial charge is 0.124 e. The molecule has 0 atom stereocenters. The molecule has 1 aliphatic rings. The van der Waals surface area contributed by atoms with Crippen LogP contribution in [0.25, 0.3) is 0 Å².